The van der Waals surface area contributed by atoms with Crippen LogP contribution in [0.3, 0.4) is 0 Å². The number of sulfonamides is 1. The van der Waals surface area contributed by atoms with E-state index >= 15 is 0 Å². The Morgan fingerprint density at radius 1 is 1.45 bits per heavy atom. The minimum absolute atomic E-state index is 0.368. The van der Waals surface area contributed by atoms with Crippen molar-refractivity contribution in [3.63, 3.8) is 0 Å². The maximum atomic E-state index is 12.7. The van der Waals surface area contributed by atoms with Gasteiger partial charge < -0.3 is 5.32 Å². The summed E-state index contributed by atoms with van der Waals surface area (Å²) >= 11 is 5.90. The number of nitrogens with one attached hydrogen (secondary N) is 1. The van der Waals surface area contributed by atoms with Crippen molar-refractivity contribution in [2.75, 3.05) is 26.7 Å². The van der Waals surface area contributed by atoms with E-state index in [1.54, 1.807) is 29.4 Å². The Labute approximate surface area is 126 Å². The quantitative estimate of drug-likeness (QED) is 0.927. The second kappa shape index (κ2) is 6.43. The van der Waals surface area contributed by atoms with Gasteiger partial charge in [-0.05, 0) is 63.0 Å². The number of hydrogen-bond donors (Lipinski definition) is 1. The van der Waals surface area contributed by atoms with Crippen LogP contribution in [0, 0.1) is 12.8 Å². The predicted octanol–water partition coefficient (Wildman–Crippen LogP) is 2.27. The number of benzene rings is 1. The van der Waals surface area contributed by atoms with E-state index in [1.165, 1.54) is 0 Å². The topological polar surface area (TPSA) is 49.4 Å². The molecule has 0 aromatic heterocycles. The molecule has 4 nitrogen and oxygen atoms in total. The van der Waals surface area contributed by atoms with Crippen LogP contribution >= 0.6 is 11.6 Å². The zero-order chi connectivity index (χ0) is 14.8. The second-order valence-electron chi connectivity index (χ2n) is 5.34. The molecule has 0 unspecified atom stereocenters. The number of rotatable bonds is 4. The maximum absolute atomic E-state index is 12.7. The lowest BCUT2D eigenvalue weighted by Gasteiger charge is -2.32. The van der Waals surface area contributed by atoms with Crippen molar-refractivity contribution in [2.24, 2.45) is 5.92 Å². The summed E-state index contributed by atoms with van der Waals surface area (Å²) in [7, 11) is -1.51. The lowest BCUT2D eigenvalue weighted by Crippen LogP contribution is -2.42. The van der Waals surface area contributed by atoms with Crippen molar-refractivity contribution < 1.29 is 8.42 Å². The first-order chi connectivity index (χ1) is 9.45. The van der Waals surface area contributed by atoms with Gasteiger partial charge in [0.15, 0.2) is 0 Å². The van der Waals surface area contributed by atoms with Crippen molar-refractivity contribution in [1.29, 1.82) is 0 Å². The first-order valence-electron chi connectivity index (χ1n) is 6.86. The molecule has 1 atom stereocenters. The van der Waals surface area contributed by atoms with Crippen LogP contribution in [0.25, 0.3) is 0 Å². The van der Waals surface area contributed by atoms with Gasteiger partial charge in [0, 0.05) is 18.1 Å². The molecule has 0 aliphatic carbocycles. The fraction of sp³-hybridized carbons (Fsp3) is 0.571. The van der Waals surface area contributed by atoms with Crippen LogP contribution in [0.15, 0.2) is 23.1 Å². The average molecular weight is 317 g/mol. The molecule has 1 aliphatic heterocycles. The normalized spacial score (nSPS) is 21.1. The molecule has 6 heteroatoms. The minimum Gasteiger partial charge on any atom is -0.319 e. The Morgan fingerprint density at radius 3 is 2.85 bits per heavy atom. The van der Waals surface area contributed by atoms with Crippen LogP contribution in [0.5, 0.6) is 0 Å². The van der Waals surface area contributed by atoms with Crippen molar-refractivity contribution in [2.45, 2.75) is 24.7 Å². The lowest BCUT2D eigenvalue weighted by atomic mass is 10.00. The van der Waals surface area contributed by atoms with Gasteiger partial charge in [0.1, 0.15) is 0 Å². The molecule has 1 aliphatic rings. The highest BCUT2D eigenvalue weighted by Crippen LogP contribution is 2.26. The third-order valence-corrected chi connectivity index (χ3v) is 5.99. The Balaban J connectivity index is 2.25. The van der Waals surface area contributed by atoms with Gasteiger partial charge in [-0.3, -0.25) is 0 Å². The van der Waals surface area contributed by atoms with Crippen molar-refractivity contribution in [3.8, 4) is 0 Å². The highest BCUT2D eigenvalue weighted by Gasteiger charge is 2.30. The predicted molar refractivity (Wildman–Crippen MR) is 81.6 cm³/mol. The van der Waals surface area contributed by atoms with Crippen LogP contribution in [-0.2, 0) is 10.0 Å². The number of hydrogen-bond acceptors (Lipinski definition) is 3. The lowest BCUT2D eigenvalue weighted by molar-refractivity contribution is 0.263. The Morgan fingerprint density at radius 2 is 2.20 bits per heavy atom. The van der Waals surface area contributed by atoms with Gasteiger partial charge in [0.25, 0.3) is 0 Å². The zero-order valence-corrected chi connectivity index (χ0v) is 13.5. The SMILES string of the molecule is CNC[C@@H]1CCCN(S(=O)(=O)c2ccc(Cl)cc2C)C1. The number of halogens is 1. The van der Waals surface area contributed by atoms with Crippen molar-refractivity contribution >= 4 is 21.6 Å². The summed E-state index contributed by atoms with van der Waals surface area (Å²) in [5, 5.41) is 3.69. The van der Waals surface area contributed by atoms with Gasteiger partial charge >= 0.3 is 0 Å². The monoisotopic (exact) mass is 316 g/mol. The Bertz CT molecular complexity index is 573. The molecular weight excluding hydrogens is 296 g/mol. The van der Waals surface area contributed by atoms with Crippen LogP contribution in [-0.4, -0.2) is 39.4 Å². The van der Waals surface area contributed by atoms with Crippen LogP contribution < -0.4 is 5.32 Å². The first kappa shape index (κ1) is 15.8. The van der Waals surface area contributed by atoms with E-state index in [2.05, 4.69) is 5.32 Å². The highest BCUT2D eigenvalue weighted by atomic mass is 35.5. The molecule has 1 saturated heterocycles. The molecule has 0 spiro atoms. The summed E-state index contributed by atoms with van der Waals surface area (Å²) in [4.78, 5) is 0.368. The smallest absolute Gasteiger partial charge is 0.243 e. The third-order valence-electron chi connectivity index (χ3n) is 3.73. The van der Waals surface area contributed by atoms with E-state index in [-0.39, 0.29) is 0 Å². The maximum Gasteiger partial charge on any atom is 0.243 e. The highest BCUT2D eigenvalue weighted by molar-refractivity contribution is 7.89. The van der Waals surface area contributed by atoms with E-state index in [0.717, 1.165) is 19.4 Å². The Hall–Kier alpha value is -0.620. The van der Waals surface area contributed by atoms with Gasteiger partial charge in [0.05, 0.1) is 4.90 Å². The van der Waals surface area contributed by atoms with E-state index < -0.39 is 10.0 Å². The largest absolute Gasteiger partial charge is 0.319 e. The van der Waals surface area contributed by atoms with Crippen molar-refractivity contribution in [3.05, 3.63) is 28.8 Å². The third kappa shape index (κ3) is 3.34. The molecule has 1 fully saturated rings. The fourth-order valence-electron chi connectivity index (χ4n) is 2.74. The number of aryl methyl sites for hydroxylation is 1. The van der Waals surface area contributed by atoms with E-state index in [0.29, 0.717) is 34.5 Å². The first-order valence-corrected chi connectivity index (χ1v) is 8.68. The van der Waals surface area contributed by atoms with Gasteiger partial charge in [-0.15, -0.1) is 0 Å². The molecular formula is C14H21ClN2O2S. The molecule has 2 rings (SSSR count). The van der Waals surface area contributed by atoms with Crippen LogP contribution in [0.4, 0.5) is 0 Å². The van der Waals surface area contributed by atoms with Crippen LogP contribution in [0.1, 0.15) is 18.4 Å². The van der Waals surface area contributed by atoms with E-state index in [4.69, 9.17) is 11.6 Å². The van der Waals surface area contributed by atoms with Gasteiger partial charge in [-0.1, -0.05) is 11.6 Å². The van der Waals surface area contributed by atoms with Gasteiger partial charge in [-0.2, -0.15) is 4.31 Å². The molecule has 1 heterocycles. The summed E-state index contributed by atoms with van der Waals surface area (Å²) in [6.45, 7) is 3.83. The molecule has 20 heavy (non-hydrogen) atoms. The summed E-state index contributed by atoms with van der Waals surface area (Å²) in [6.07, 6.45) is 1.99. The molecule has 0 amide bonds. The Kier molecular flexibility index (Phi) is 5.07. The molecule has 1 N–H and O–H groups in total. The second-order valence-corrected chi connectivity index (χ2v) is 7.68. The minimum atomic E-state index is -3.41. The van der Waals surface area contributed by atoms with E-state index in [1.807, 2.05) is 7.05 Å². The van der Waals surface area contributed by atoms with E-state index in [9.17, 15) is 8.42 Å². The zero-order valence-electron chi connectivity index (χ0n) is 11.9. The van der Waals surface area contributed by atoms with Crippen LogP contribution in [0.2, 0.25) is 5.02 Å². The van der Waals surface area contributed by atoms with Gasteiger partial charge in [-0.25, -0.2) is 8.42 Å². The molecule has 0 saturated carbocycles. The molecule has 0 radical (unpaired) electrons. The standard InChI is InChI=1S/C14H21ClN2O2S/c1-11-8-13(15)5-6-14(11)20(18,19)17-7-3-4-12(10-17)9-16-2/h5-6,8,12,16H,3-4,7,9-10H2,1-2H3/t12-/m0/s1. The molecule has 1 aromatic carbocycles. The summed E-state index contributed by atoms with van der Waals surface area (Å²) in [5.74, 6) is 0.385. The number of nitrogens with zero attached hydrogens (tertiary/aromatic N) is 1. The molecule has 112 valence electrons. The molecule has 1 aromatic rings. The summed E-state index contributed by atoms with van der Waals surface area (Å²) in [5.41, 5.74) is 0.702. The fourth-order valence-corrected chi connectivity index (χ4v) is 4.73. The summed E-state index contributed by atoms with van der Waals surface area (Å²) < 4.78 is 27.1. The summed E-state index contributed by atoms with van der Waals surface area (Å²) in [6, 6.07) is 4.94. The van der Waals surface area contributed by atoms with Gasteiger partial charge in [0.2, 0.25) is 10.0 Å². The molecule has 0 bridgehead atoms. The number of piperidine rings is 1. The average Bonchev–Trinajstić information content (AvgIpc) is 2.39. The van der Waals surface area contributed by atoms with Crippen molar-refractivity contribution in [1.82, 2.24) is 9.62 Å².